The second kappa shape index (κ2) is 7.64. The van der Waals surface area contributed by atoms with Crippen LogP contribution in [0.15, 0.2) is 6.07 Å². The maximum Gasteiger partial charge on any atom is 0.306 e. The molecule has 6 heteroatoms. The molecule has 6 nitrogen and oxygen atoms in total. The third kappa shape index (κ3) is 4.90. The first-order chi connectivity index (χ1) is 12.6. The van der Waals surface area contributed by atoms with Gasteiger partial charge in [-0.1, -0.05) is 0 Å². The molecule has 1 saturated heterocycles. The normalized spacial score (nSPS) is 20.8. The van der Waals surface area contributed by atoms with Crippen LogP contribution in [0.25, 0.3) is 0 Å². The predicted molar refractivity (Wildman–Crippen MR) is 104 cm³/mol. The van der Waals surface area contributed by atoms with Crippen LogP contribution in [0.2, 0.25) is 0 Å². The van der Waals surface area contributed by atoms with Crippen molar-refractivity contribution in [3.05, 3.63) is 17.5 Å². The Kier molecular flexibility index (Phi) is 5.63. The summed E-state index contributed by atoms with van der Waals surface area (Å²) in [6.45, 7) is 11.4. The van der Waals surface area contributed by atoms with E-state index < -0.39 is 0 Å². The molecule has 0 bridgehead atoms. The van der Waals surface area contributed by atoms with E-state index in [1.807, 2.05) is 29.5 Å². The maximum atomic E-state index is 13.1. The molecule has 1 aliphatic heterocycles. The molecule has 1 aliphatic carbocycles. The molecule has 1 aromatic rings. The molecule has 0 unspecified atom stereocenters. The topological polar surface area (TPSA) is 64.4 Å². The number of carbonyl (C=O) groups excluding carboxylic acids is 2. The van der Waals surface area contributed by atoms with Crippen molar-refractivity contribution in [2.45, 2.75) is 84.3 Å². The van der Waals surface area contributed by atoms with Gasteiger partial charge in [0.2, 0.25) is 0 Å². The van der Waals surface area contributed by atoms with Crippen molar-refractivity contribution in [2.24, 2.45) is 5.92 Å². The van der Waals surface area contributed by atoms with Gasteiger partial charge in [-0.2, -0.15) is 5.10 Å². The molecule has 0 radical (unpaired) electrons. The van der Waals surface area contributed by atoms with Gasteiger partial charge in [-0.15, -0.1) is 0 Å². The van der Waals surface area contributed by atoms with Crippen molar-refractivity contribution in [1.82, 2.24) is 14.7 Å². The number of hydrogen-bond donors (Lipinski definition) is 0. The molecule has 1 aromatic heterocycles. The third-order valence-corrected chi connectivity index (χ3v) is 5.22. The van der Waals surface area contributed by atoms with Crippen LogP contribution < -0.4 is 0 Å². The number of ether oxygens (including phenoxy) is 1. The number of hydrogen-bond acceptors (Lipinski definition) is 4. The van der Waals surface area contributed by atoms with Crippen molar-refractivity contribution in [1.29, 1.82) is 0 Å². The van der Waals surface area contributed by atoms with Gasteiger partial charge in [0.05, 0.1) is 18.1 Å². The quantitative estimate of drug-likeness (QED) is 0.736. The van der Waals surface area contributed by atoms with Crippen molar-refractivity contribution in [2.75, 3.05) is 13.1 Å². The first kappa shape index (κ1) is 19.9. The van der Waals surface area contributed by atoms with E-state index >= 15 is 0 Å². The van der Waals surface area contributed by atoms with Crippen LogP contribution in [0.4, 0.5) is 0 Å². The minimum Gasteiger partial charge on any atom is -0.463 e. The molecule has 1 atom stereocenters. The average Bonchev–Trinajstić information content (AvgIpc) is 3.30. The standard InChI is InChI=1S/C21H33N3O3/c1-14(2)27-19(25)11-15-7-6-10-23(13-15)20(26)17-12-18(16-8-9-16)24(22-17)21(3,4)5/h12,14-16H,6-11,13H2,1-5H3/t15-/m1/s1. The molecular formula is C21H33N3O3. The van der Waals surface area contributed by atoms with Gasteiger partial charge in [-0.25, -0.2) is 0 Å². The molecule has 2 aliphatic rings. The van der Waals surface area contributed by atoms with Gasteiger partial charge < -0.3 is 9.64 Å². The summed E-state index contributed by atoms with van der Waals surface area (Å²) < 4.78 is 7.29. The molecule has 0 spiro atoms. The number of amides is 1. The molecule has 1 saturated carbocycles. The van der Waals surface area contributed by atoms with Crippen LogP contribution in [0.1, 0.15) is 88.8 Å². The SMILES string of the molecule is CC(C)OC(=O)C[C@H]1CCCN(C(=O)c2cc(C3CC3)n(C(C)(C)C)n2)C1. The fourth-order valence-corrected chi connectivity index (χ4v) is 3.83. The second-order valence-electron chi connectivity index (χ2n) is 9.31. The van der Waals surface area contributed by atoms with E-state index in [0.29, 0.717) is 24.6 Å². The van der Waals surface area contributed by atoms with Crippen LogP contribution in [0.3, 0.4) is 0 Å². The van der Waals surface area contributed by atoms with E-state index in [1.54, 1.807) is 0 Å². The van der Waals surface area contributed by atoms with E-state index in [9.17, 15) is 9.59 Å². The highest BCUT2D eigenvalue weighted by molar-refractivity contribution is 5.92. The Bertz CT molecular complexity index is 698. The van der Waals surface area contributed by atoms with E-state index in [1.165, 1.54) is 18.5 Å². The number of carbonyl (C=O) groups is 2. The summed E-state index contributed by atoms with van der Waals surface area (Å²) in [5.74, 6) is 0.527. The highest BCUT2D eigenvalue weighted by Crippen LogP contribution is 2.42. The number of esters is 1. The summed E-state index contributed by atoms with van der Waals surface area (Å²) in [4.78, 5) is 26.9. The molecule has 2 heterocycles. The molecule has 0 aromatic carbocycles. The molecule has 0 N–H and O–H groups in total. The maximum absolute atomic E-state index is 13.1. The number of aromatic nitrogens is 2. The Labute approximate surface area is 162 Å². The lowest BCUT2D eigenvalue weighted by Gasteiger charge is -2.32. The van der Waals surface area contributed by atoms with Gasteiger partial charge >= 0.3 is 5.97 Å². The Morgan fingerprint density at radius 3 is 2.56 bits per heavy atom. The van der Waals surface area contributed by atoms with E-state index in [0.717, 1.165) is 19.4 Å². The van der Waals surface area contributed by atoms with E-state index in [2.05, 4.69) is 25.9 Å². The molecule has 1 amide bonds. The van der Waals surface area contributed by atoms with Crippen LogP contribution in [0.5, 0.6) is 0 Å². The van der Waals surface area contributed by atoms with Crippen molar-refractivity contribution in [3.8, 4) is 0 Å². The van der Waals surface area contributed by atoms with Gasteiger partial charge in [0, 0.05) is 24.7 Å². The van der Waals surface area contributed by atoms with Gasteiger partial charge in [0.1, 0.15) is 0 Å². The zero-order chi connectivity index (χ0) is 19.8. The largest absolute Gasteiger partial charge is 0.463 e. The molecule has 150 valence electrons. The summed E-state index contributed by atoms with van der Waals surface area (Å²) in [6.07, 6.45) is 4.52. The lowest BCUT2D eigenvalue weighted by molar-refractivity contribution is -0.148. The Morgan fingerprint density at radius 1 is 1.26 bits per heavy atom. The zero-order valence-corrected chi connectivity index (χ0v) is 17.3. The number of rotatable bonds is 5. The van der Waals surface area contributed by atoms with Crippen LogP contribution in [0, 0.1) is 5.92 Å². The fraction of sp³-hybridized carbons (Fsp3) is 0.762. The predicted octanol–water partition coefficient (Wildman–Crippen LogP) is 3.71. The Morgan fingerprint density at radius 2 is 1.96 bits per heavy atom. The Hall–Kier alpha value is -1.85. The highest BCUT2D eigenvalue weighted by Gasteiger charge is 2.34. The van der Waals surface area contributed by atoms with Crippen molar-refractivity contribution < 1.29 is 14.3 Å². The monoisotopic (exact) mass is 375 g/mol. The lowest BCUT2D eigenvalue weighted by atomic mass is 9.94. The van der Waals surface area contributed by atoms with Gasteiger partial charge in [0.15, 0.2) is 5.69 Å². The van der Waals surface area contributed by atoms with Crippen LogP contribution in [-0.4, -0.2) is 45.8 Å². The van der Waals surface area contributed by atoms with Gasteiger partial charge in [-0.05, 0) is 72.3 Å². The summed E-state index contributed by atoms with van der Waals surface area (Å²) in [5, 5.41) is 4.68. The van der Waals surface area contributed by atoms with Gasteiger partial charge in [0.25, 0.3) is 5.91 Å². The second-order valence-corrected chi connectivity index (χ2v) is 9.31. The lowest BCUT2D eigenvalue weighted by Crippen LogP contribution is -2.41. The highest BCUT2D eigenvalue weighted by atomic mass is 16.5. The average molecular weight is 376 g/mol. The summed E-state index contributed by atoms with van der Waals surface area (Å²) in [6, 6.07) is 1.99. The van der Waals surface area contributed by atoms with Crippen molar-refractivity contribution >= 4 is 11.9 Å². The number of piperidine rings is 1. The first-order valence-corrected chi connectivity index (χ1v) is 10.2. The Balaban J connectivity index is 1.69. The smallest absolute Gasteiger partial charge is 0.306 e. The van der Waals surface area contributed by atoms with Crippen molar-refractivity contribution in [3.63, 3.8) is 0 Å². The van der Waals surface area contributed by atoms with Crippen LogP contribution in [-0.2, 0) is 15.1 Å². The van der Waals surface area contributed by atoms with Crippen LogP contribution >= 0.6 is 0 Å². The number of likely N-dealkylation sites (tertiary alicyclic amines) is 1. The molecule has 3 rings (SSSR count). The molecular weight excluding hydrogens is 342 g/mol. The summed E-state index contributed by atoms with van der Waals surface area (Å²) >= 11 is 0. The van der Waals surface area contributed by atoms with E-state index in [4.69, 9.17) is 4.74 Å². The number of nitrogens with zero attached hydrogens (tertiary/aromatic N) is 3. The summed E-state index contributed by atoms with van der Waals surface area (Å²) in [5.41, 5.74) is 1.58. The third-order valence-electron chi connectivity index (χ3n) is 5.22. The van der Waals surface area contributed by atoms with Gasteiger partial charge in [-0.3, -0.25) is 14.3 Å². The minimum absolute atomic E-state index is 0.0122. The summed E-state index contributed by atoms with van der Waals surface area (Å²) in [7, 11) is 0. The molecule has 2 fully saturated rings. The molecule has 27 heavy (non-hydrogen) atoms. The first-order valence-electron chi connectivity index (χ1n) is 10.2. The van der Waals surface area contributed by atoms with E-state index in [-0.39, 0.29) is 29.4 Å². The zero-order valence-electron chi connectivity index (χ0n) is 17.3. The fourth-order valence-electron chi connectivity index (χ4n) is 3.83. The minimum atomic E-state index is -0.169.